The van der Waals surface area contributed by atoms with Crippen molar-refractivity contribution in [2.24, 2.45) is 0 Å². The number of carbonyl (C=O) groups excluding carboxylic acids is 2. The fraction of sp³-hybridized carbons (Fsp3) is 0.333. The van der Waals surface area contributed by atoms with Gasteiger partial charge in [0.15, 0.2) is 0 Å². The topological polar surface area (TPSA) is 55.8 Å². The molecule has 0 radical (unpaired) electrons. The van der Waals surface area contributed by atoms with E-state index >= 15 is 0 Å². The van der Waals surface area contributed by atoms with Gasteiger partial charge in [-0.1, -0.05) is 19.9 Å². The number of likely N-dealkylation sites (N-methyl/N-ethyl adjacent to an activating group) is 1. The second-order valence-corrected chi connectivity index (χ2v) is 6.09. The molecule has 7 heteroatoms. The molecule has 0 aliphatic rings. The van der Waals surface area contributed by atoms with Crippen LogP contribution in [0, 0.1) is 11.6 Å². The van der Waals surface area contributed by atoms with Crippen molar-refractivity contribution >= 4 is 11.9 Å². The van der Waals surface area contributed by atoms with Gasteiger partial charge in [-0.05, 0) is 42.9 Å². The second kappa shape index (κ2) is 9.94. The van der Waals surface area contributed by atoms with Gasteiger partial charge in [-0.15, -0.1) is 0 Å². The van der Waals surface area contributed by atoms with E-state index in [1.165, 1.54) is 31.2 Å². The Labute approximate surface area is 162 Å². The normalized spacial score (nSPS) is 10.8. The molecule has 0 aliphatic heterocycles. The van der Waals surface area contributed by atoms with Crippen LogP contribution in [-0.2, 0) is 9.53 Å². The van der Waals surface area contributed by atoms with E-state index in [9.17, 15) is 18.4 Å². The lowest BCUT2D eigenvalue weighted by Crippen LogP contribution is -2.28. The van der Waals surface area contributed by atoms with Crippen molar-refractivity contribution in [1.29, 1.82) is 0 Å². The molecule has 5 nitrogen and oxygen atoms in total. The molecule has 0 amide bonds. The number of hydrogen-bond donors (Lipinski definition) is 0. The van der Waals surface area contributed by atoms with Crippen LogP contribution in [0.15, 0.2) is 36.4 Å². The molecular formula is C21H23F2NO4. The number of esters is 2. The minimum Gasteiger partial charge on any atom is -0.461 e. The van der Waals surface area contributed by atoms with Crippen LogP contribution in [0.25, 0.3) is 11.1 Å². The summed E-state index contributed by atoms with van der Waals surface area (Å²) in [5, 5.41) is 0. The van der Waals surface area contributed by atoms with Crippen molar-refractivity contribution in [3.8, 4) is 16.9 Å². The molecule has 0 aromatic heterocycles. The van der Waals surface area contributed by atoms with Gasteiger partial charge in [0.2, 0.25) is 0 Å². The molecule has 150 valence electrons. The molecule has 0 heterocycles. The van der Waals surface area contributed by atoms with Crippen molar-refractivity contribution < 1.29 is 27.8 Å². The lowest BCUT2D eigenvalue weighted by molar-refractivity contribution is -0.131. The molecule has 0 fully saturated rings. The van der Waals surface area contributed by atoms with Gasteiger partial charge in [0.1, 0.15) is 29.6 Å². The Hall–Kier alpha value is -2.80. The largest absolute Gasteiger partial charge is 0.461 e. The summed E-state index contributed by atoms with van der Waals surface area (Å²) < 4.78 is 37.6. The van der Waals surface area contributed by atoms with Gasteiger partial charge in [-0.25, -0.2) is 13.6 Å². The molecule has 0 spiro atoms. The van der Waals surface area contributed by atoms with Crippen molar-refractivity contribution in [2.75, 3.05) is 26.2 Å². The maximum absolute atomic E-state index is 14.1. The molecule has 0 aliphatic carbocycles. The number of nitrogens with zero attached hydrogens (tertiary/aromatic N) is 1. The maximum Gasteiger partial charge on any atom is 0.342 e. The molecule has 0 N–H and O–H groups in total. The van der Waals surface area contributed by atoms with Crippen LogP contribution in [0.5, 0.6) is 5.75 Å². The molecule has 0 unspecified atom stereocenters. The van der Waals surface area contributed by atoms with Crippen LogP contribution in [0.3, 0.4) is 0 Å². The molecule has 2 rings (SSSR count). The summed E-state index contributed by atoms with van der Waals surface area (Å²) in [5.41, 5.74) is 0.452. The van der Waals surface area contributed by atoms with Crippen molar-refractivity contribution in [3.63, 3.8) is 0 Å². The number of carbonyl (C=O) groups is 2. The molecule has 0 saturated heterocycles. The molecule has 0 saturated carbocycles. The SMILES string of the molecule is CCN(CC)CCOC(=O)c1cc(-c2ccc(F)cc2F)ccc1OC(C)=O. The quantitative estimate of drug-likeness (QED) is 0.502. The number of benzene rings is 2. The summed E-state index contributed by atoms with van der Waals surface area (Å²) in [4.78, 5) is 26.0. The zero-order chi connectivity index (χ0) is 20.7. The summed E-state index contributed by atoms with van der Waals surface area (Å²) in [7, 11) is 0. The average molecular weight is 391 g/mol. The number of ether oxygens (including phenoxy) is 2. The van der Waals surface area contributed by atoms with Crippen LogP contribution < -0.4 is 4.74 Å². The highest BCUT2D eigenvalue weighted by Crippen LogP contribution is 2.29. The summed E-state index contributed by atoms with van der Waals surface area (Å²) in [6, 6.07) is 7.41. The first-order chi connectivity index (χ1) is 13.3. The van der Waals surface area contributed by atoms with Crippen LogP contribution in [0.4, 0.5) is 8.78 Å². The van der Waals surface area contributed by atoms with E-state index < -0.39 is 23.6 Å². The first-order valence-electron chi connectivity index (χ1n) is 9.03. The smallest absolute Gasteiger partial charge is 0.342 e. The van der Waals surface area contributed by atoms with E-state index in [0.717, 1.165) is 25.2 Å². The van der Waals surface area contributed by atoms with Crippen molar-refractivity contribution in [2.45, 2.75) is 20.8 Å². The van der Waals surface area contributed by atoms with Gasteiger partial charge in [0, 0.05) is 25.1 Å². The predicted molar refractivity (Wildman–Crippen MR) is 101 cm³/mol. The fourth-order valence-electron chi connectivity index (χ4n) is 2.71. The van der Waals surface area contributed by atoms with Gasteiger partial charge in [0.05, 0.1) is 0 Å². The third-order valence-electron chi connectivity index (χ3n) is 4.23. The van der Waals surface area contributed by atoms with E-state index in [1.54, 1.807) is 0 Å². The highest BCUT2D eigenvalue weighted by atomic mass is 19.1. The second-order valence-electron chi connectivity index (χ2n) is 6.09. The minimum atomic E-state index is -0.763. The standard InChI is InChI=1S/C21H23F2NO4/c1-4-24(5-2)10-11-27-21(26)18-12-15(6-9-20(18)28-14(3)25)17-8-7-16(22)13-19(17)23/h6-9,12-13H,4-5,10-11H2,1-3H3. The minimum absolute atomic E-state index is 0.00373. The lowest BCUT2D eigenvalue weighted by atomic mass is 10.0. The Bertz CT molecular complexity index is 850. The van der Waals surface area contributed by atoms with Crippen LogP contribution >= 0.6 is 0 Å². The summed E-state index contributed by atoms with van der Waals surface area (Å²) in [6.45, 7) is 7.60. The van der Waals surface area contributed by atoms with E-state index in [-0.39, 0.29) is 23.5 Å². The monoisotopic (exact) mass is 391 g/mol. The zero-order valence-electron chi connectivity index (χ0n) is 16.1. The van der Waals surface area contributed by atoms with Crippen LogP contribution in [0.2, 0.25) is 0 Å². The van der Waals surface area contributed by atoms with Gasteiger partial charge >= 0.3 is 11.9 Å². The maximum atomic E-state index is 14.1. The Morgan fingerprint density at radius 2 is 1.75 bits per heavy atom. The Morgan fingerprint density at radius 1 is 1.04 bits per heavy atom. The molecule has 0 atom stereocenters. The van der Waals surface area contributed by atoms with Crippen LogP contribution in [-0.4, -0.2) is 43.1 Å². The van der Waals surface area contributed by atoms with Gasteiger partial charge in [0.25, 0.3) is 0 Å². The summed E-state index contributed by atoms with van der Waals surface area (Å²) in [5.74, 6) is -2.73. The first-order valence-corrected chi connectivity index (χ1v) is 9.03. The Morgan fingerprint density at radius 3 is 2.36 bits per heavy atom. The molecular weight excluding hydrogens is 368 g/mol. The lowest BCUT2D eigenvalue weighted by Gasteiger charge is -2.18. The third kappa shape index (κ3) is 5.60. The van der Waals surface area contributed by atoms with Gasteiger partial charge < -0.3 is 14.4 Å². The third-order valence-corrected chi connectivity index (χ3v) is 4.23. The Balaban J connectivity index is 2.30. The van der Waals surface area contributed by atoms with Gasteiger partial charge in [-0.2, -0.15) is 0 Å². The molecule has 2 aromatic rings. The molecule has 28 heavy (non-hydrogen) atoms. The summed E-state index contributed by atoms with van der Waals surface area (Å²) in [6.07, 6.45) is 0. The average Bonchev–Trinajstić information content (AvgIpc) is 2.65. The van der Waals surface area contributed by atoms with E-state index in [2.05, 4.69) is 4.90 Å². The molecule has 2 aromatic carbocycles. The molecule has 0 bridgehead atoms. The van der Waals surface area contributed by atoms with E-state index in [4.69, 9.17) is 9.47 Å². The highest BCUT2D eigenvalue weighted by Gasteiger charge is 2.18. The number of rotatable bonds is 8. The zero-order valence-corrected chi connectivity index (χ0v) is 16.1. The van der Waals surface area contributed by atoms with Crippen LogP contribution in [0.1, 0.15) is 31.1 Å². The van der Waals surface area contributed by atoms with E-state index in [0.29, 0.717) is 12.1 Å². The summed E-state index contributed by atoms with van der Waals surface area (Å²) >= 11 is 0. The van der Waals surface area contributed by atoms with E-state index in [1.807, 2.05) is 13.8 Å². The fourth-order valence-corrected chi connectivity index (χ4v) is 2.71. The highest BCUT2D eigenvalue weighted by molar-refractivity contribution is 5.95. The van der Waals surface area contributed by atoms with Gasteiger partial charge in [-0.3, -0.25) is 4.79 Å². The number of halogens is 2. The van der Waals surface area contributed by atoms with Crippen molar-refractivity contribution in [3.05, 3.63) is 53.6 Å². The number of hydrogen-bond acceptors (Lipinski definition) is 5. The first kappa shape index (κ1) is 21.5. The van der Waals surface area contributed by atoms with Crippen molar-refractivity contribution in [1.82, 2.24) is 4.90 Å². The predicted octanol–water partition coefficient (Wildman–Crippen LogP) is 4.06. The Kier molecular flexibility index (Phi) is 7.63.